The first-order valence-electron chi connectivity index (χ1n) is 9.91. The third-order valence-electron chi connectivity index (χ3n) is 5.58. The molecule has 0 saturated carbocycles. The summed E-state index contributed by atoms with van der Waals surface area (Å²) < 4.78 is 29.0. The van der Waals surface area contributed by atoms with Gasteiger partial charge in [-0.2, -0.15) is 4.31 Å². The Balaban J connectivity index is 0.00000231. The molecule has 6 nitrogen and oxygen atoms in total. The molecule has 0 atom stereocenters. The number of rotatable bonds is 4. The molecule has 8 heteroatoms. The molecule has 0 aliphatic carbocycles. The Morgan fingerprint density at radius 1 is 0.935 bits per heavy atom. The molecule has 4 aromatic rings. The predicted molar refractivity (Wildman–Crippen MR) is 125 cm³/mol. The molecule has 0 radical (unpaired) electrons. The van der Waals surface area contributed by atoms with E-state index < -0.39 is 10.0 Å². The van der Waals surface area contributed by atoms with Gasteiger partial charge >= 0.3 is 0 Å². The van der Waals surface area contributed by atoms with Crippen LogP contribution in [0.25, 0.3) is 10.8 Å². The summed E-state index contributed by atoms with van der Waals surface area (Å²) in [6.45, 7) is 2.01. The lowest BCUT2D eigenvalue weighted by atomic mass is 10.1. The van der Waals surface area contributed by atoms with Crippen molar-refractivity contribution >= 4 is 38.9 Å². The first kappa shape index (κ1) is 21.4. The van der Waals surface area contributed by atoms with Crippen LogP contribution in [0.5, 0.6) is 0 Å². The zero-order valence-corrected chi connectivity index (χ0v) is 18.4. The summed E-state index contributed by atoms with van der Waals surface area (Å²) in [5, 5.41) is 1.68. The largest absolute Gasteiger partial charge is 0.364 e. The van der Waals surface area contributed by atoms with Gasteiger partial charge in [0.25, 0.3) is 0 Å². The molecule has 0 unspecified atom stereocenters. The Labute approximate surface area is 188 Å². The van der Waals surface area contributed by atoms with Crippen molar-refractivity contribution in [1.29, 1.82) is 0 Å². The summed E-state index contributed by atoms with van der Waals surface area (Å²) >= 11 is 0. The van der Waals surface area contributed by atoms with E-state index in [1.54, 1.807) is 22.9 Å². The van der Waals surface area contributed by atoms with Gasteiger partial charge in [-0.25, -0.2) is 13.4 Å². The molecule has 5 rings (SSSR count). The molecule has 0 saturated heterocycles. The van der Waals surface area contributed by atoms with Gasteiger partial charge in [0.1, 0.15) is 0 Å². The fraction of sp³-hybridized carbons (Fsp3) is 0.174. The number of anilines is 1. The zero-order chi connectivity index (χ0) is 20.6. The minimum Gasteiger partial charge on any atom is -0.364 e. The Hall–Kier alpha value is -2.87. The number of halogens is 1. The average Bonchev–Trinajstić information content (AvgIpc) is 3.21. The Morgan fingerprint density at radius 3 is 2.55 bits per heavy atom. The van der Waals surface area contributed by atoms with Crippen molar-refractivity contribution in [3.05, 3.63) is 90.5 Å². The van der Waals surface area contributed by atoms with E-state index in [-0.39, 0.29) is 12.4 Å². The van der Waals surface area contributed by atoms with Gasteiger partial charge in [0.2, 0.25) is 10.0 Å². The van der Waals surface area contributed by atoms with Crippen molar-refractivity contribution in [3.63, 3.8) is 0 Å². The molecule has 1 aliphatic rings. The Kier molecular flexibility index (Phi) is 6.00. The highest BCUT2D eigenvalue weighted by Crippen LogP contribution is 2.31. The molecule has 1 N–H and O–H groups in total. The quantitative estimate of drug-likeness (QED) is 0.502. The normalized spacial score (nSPS) is 14.6. The number of H-pyrrole nitrogens is 1. The fourth-order valence-corrected chi connectivity index (χ4v) is 5.70. The molecular weight excluding hydrogens is 432 g/mol. The average molecular weight is 455 g/mol. The number of para-hydroxylation sites is 1. The van der Waals surface area contributed by atoms with Crippen LogP contribution in [0, 0.1) is 0 Å². The molecule has 1 aromatic heterocycles. The van der Waals surface area contributed by atoms with E-state index in [0.717, 1.165) is 27.7 Å². The summed E-state index contributed by atoms with van der Waals surface area (Å²) in [6.07, 6.45) is 3.47. The second-order valence-corrected chi connectivity index (χ2v) is 9.35. The maximum atomic E-state index is 13.7. The standard InChI is InChI=1S/C23H22N4O2S.ClH/c28-30(29,23-11-5-8-18-6-1-3-9-21(18)23)27-13-12-26(16-20-14-24-17-25-20)22-10-4-2-7-19(22)15-27;/h1-11,14,17H,12-13,15-16H2,(H,24,25);1H. The van der Waals surface area contributed by atoms with E-state index in [1.165, 1.54) is 0 Å². The van der Waals surface area contributed by atoms with Crippen molar-refractivity contribution in [1.82, 2.24) is 14.3 Å². The first-order chi connectivity index (χ1) is 14.6. The van der Waals surface area contributed by atoms with E-state index in [9.17, 15) is 8.42 Å². The van der Waals surface area contributed by atoms with Gasteiger partial charge in [-0.05, 0) is 23.1 Å². The zero-order valence-electron chi connectivity index (χ0n) is 16.8. The number of aromatic amines is 1. The lowest BCUT2D eigenvalue weighted by molar-refractivity contribution is 0.418. The van der Waals surface area contributed by atoms with Crippen LogP contribution >= 0.6 is 12.4 Å². The highest BCUT2D eigenvalue weighted by molar-refractivity contribution is 7.89. The number of fused-ring (bicyclic) bond motifs is 2. The maximum Gasteiger partial charge on any atom is 0.244 e. The van der Waals surface area contributed by atoms with E-state index in [4.69, 9.17) is 0 Å². The van der Waals surface area contributed by atoms with Crippen LogP contribution < -0.4 is 4.90 Å². The molecule has 160 valence electrons. The van der Waals surface area contributed by atoms with Gasteiger partial charge in [-0.3, -0.25) is 0 Å². The first-order valence-corrected chi connectivity index (χ1v) is 11.3. The third-order valence-corrected chi connectivity index (χ3v) is 7.49. The van der Waals surface area contributed by atoms with Crippen LogP contribution in [0.4, 0.5) is 5.69 Å². The lowest BCUT2D eigenvalue weighted by Gasteiger charge is -2.24. The second-order valence-electron chi connectivity index (χ2n) is 7.44. The number of sulfonamides is 1. The molecular formula is C23H23ClN4O2S. The highest BCUT2D eigenvalue weighted by atomic mass is 35.5. The topological polar surface area (TPSA) is 69.3 Å². The van der Waals surface area contributed by atoms with Crippen molar-refractivity contribution < 1.29 is 8.42 Å². The summed E-state index contributed by atoms with van der Waals surface area (Å²) in [6, 6.07) is 21.1. The molecule has 0 spiro atoms. The number of nitrogens with zero attached hydrogens (tertiary/aromatic N) is 3. The van der Waals surface area contributed by atoms with Gasteiger partial charge in [0.15, 0.2) is 0 Å². The van der Waals surface area contributed by atoms with Gasteiger partial charge in [-0.1, -0.05) is 54.6 Å². The molecule has 0 bridgehead atoms. The van der Waals surface area contributed by atoms with Gasteiger partial charge in [-0.15, -0.1) is 12.4 Å². The highest BCUT2D eigenvalue weighted by Gasteiger charge is 2.30. The van der Waals surface area contributed by atoms with Crippen molar-refractivity contribution in [2.75, 3.05) is 18.0 Å². The smallest absolute Gasteiger partial charge is 0.244 e. The summed E-state index contributed by atoms with van der Waals surface area (Å²) in [5.74, 6) is 0. The number of aromatic nitrogens is 2. The van der Waals surface area contributed by atoms with Gasteiger partial charge in [0.05, 0.1) is 23.5 Å². The monoisotopic (exact) mass is 454 g/mol. The van der Waals surface area contributed by atoms with Crippen LogP contribution in [-0.4, -0.2) is 35.8 Å². The summed E-state index contributed by atoms with van der Waals surface area (Å²) in [4.78, 5) is 9.81. The SMILES string of the molecule is Cl.O=S(=O)(c1cccc2ccccc12)N1CCN(Cc2cnc[nH]2)c2ccccc2C1. The Bertz CT molecular complexity index is 1290. The molecule has 1 aliphatic heterocycles. The van der Waals surface area contributed by atoms with Crippen molar-refractivity contribution in [2.45, 2.75) is 18.0 Å². The lowest BCUT2D eigenvalue weighted by Crippen LogP contribution is -2.35. The van der Waals surface area contributed by atoms with Crippen LogP contribution in [0.2, 0.25) is 0 Å². The van der Waals surface area contributed by atoms with Crippen molar-refractivity contribution in [3.8, 4) is 0 Å². The van der Waals surface area contributed by atoms with E-state index in [1.807, 2.05) is 54.6 Å². The third kappa shape index (κ3) is 4.04. The molecule has 2 heterocycles. The van der Waals surface area contributed by atoms with Crippen LogP contribution in [0.3, 0.4) is 0 Å². The predicted octanol–water partition coefficient (Wildman–Crippen LogP) is 4.20. The number of hydrogen-bond donors (Lipinski definition) is 1. The summed E-state index contributed by atoms with van der Waals surface area (Å²) in [5.41, 5.74) is 3.05. The van der Waals surface area contributed by atoms with Crippen LogP contribution in [-0.2, 0) is 23.1 Å². The number of imidazole rings is 1. The molecule has 31 heavy (non-hydrogen) atoms. The van der Waals surface area contributed by atoms with Gasteiger partial charge < -0.3 is 9.88 Å². The van der Waals surface area contributed by atoms with Crippen molar-refractivity contribution in [2.24, 2.45) is 0 Å². The number of hydrogen-bond acceptors (Lipinski definition) is 4. The second kappa shape index (κ2) is 8.70. The molecule has 0 fully saturated rings. The maximum absolute atomic E-state index is 13.7. The molecule has 0 amide bonds. The molecule has 3 aromatic carbocycles. The number of nitrogens with one attached hydrogen (secondary N) is 1. The van der Waals surface area contributed by atoms with E-state index in [2.05, 4.69) is 20.9 Å². The van der Waals surface area contributed by atoms with Gasteiger partial charge in [0, 0.05) is 36.9 Å². The van der Waals surface area contributed by atoms with E-state index in [0.29, 0.717) is 31.1 Å². The minimum atomic E-state index is -3.65. The number of benzene rings is 3. The van der Waals surface area contributed by atoms with Crippen LogP contribution in [0.15, 0.2) is 84.1 Å². The minimum absolute atomic E-state index is 0. The Morgan fingerprint density at radius 2 is 1.71 bits per heavy atom. The van der Waals surface area contributed by atoms with Crippen LogP contribution in [0.1, 0.15) is 11.3 Å². The van der Waals surface area contributed by atoms with E-state index >= 15 is 0 Å². The summed E-state index contributed by atoms with van der Waals surface area (Å²) in [7, 11) is -3.65. The fourth-order valence-electron chi connectivity index (χ4n) is 4.08.